The van der Waals surface area contributed by atoms with Gasteiger partial charge in [-0.2, -0.15) is 0 Å². The number of carbonyl (C=O) groups excluding carboxylic acids is 1. The molecular formula is C11H11N3O2. The number of amides is 1. The van der Waals surface area contributed by atoms with Crippen molar-refractivity contribution in [1.82, 2.24) is 15.3 Å². The first-order valence-corrected chi connectivity index (χ1v) is 4.81. The van der Waals surface area contributed by atoms with Crippen molar-refractivity contribution in [3.63, 3.8) is 0 Å². The Hall–Kier alpha value is -2.30. The lowest BCUT2D eigenvalue weighted by atomic mass is 10.3. The second kappa shape index (κ2) is 4.48. The topological polar surface area (TPSA) is 78.0 Å². The fourth-order valence-corrected chi connectivity index (χ4v) is 1.31. The summed E-state index contributed by atoms with van der Waals surface area (Å²) in [6.45, 7) is 0.401. The molecule has 0 radical (unpaired) electrons. The van der Waals surface area contributed by atoms with Gasteiger partial charge in [-0.15, -0.1) is 0 Å². The standard InChI is InChI=1S/C11H11N3O2/c15-9-2-1-4-13-10(9)11(16)14-7-8-3-5-12-6-8/h1-6,12,15H,7H2,(H,14,16). The lowest BCUT2D eigenvalue weighted by molar-refractivity contribution is 0.0943. The third-order valence-corrected chi connectivity index (χ3v) is 2.12. The number of pyridine rings is 1. The van der Waals surface area contributed by atoms with Crippen LogP contribution in [0.2, 0.25) is 0 Å². The Morgan fingerprint density at radius 3 is 3.06 bits per heavy atom. The Bertz CT molecular complexity index is 480. The molecule has 1 amide bonds. The van der Waals surface area contributed by atoms with Crippen LogP contribution in [0.4, 0.5) is 0 Å². The minimum atomic E-state index is -0.390. The number of carbonyl (C=O) groups is 1. The Kier molecular flexibility index (Phi) is 2.86. The zero-order valence-electron chi connectivity index (χ0n) is 8.47. The highest BCUT2D eigenvalue weighted by molar-refractivity contribution is 5.94. The molecule has 0 aliphatic rings. The molecule has 2 aromatic heterocycles. The molecule has 2 heterocycles. The van der Waals surface area contributed by atoms with Gasteiger partial charge in [0.25, 0.3) is 5.91 Å². The maximum atomic E-state index is 11.6. The summed E-state index contributed by atoms with van der Waals surface area (Å²) >= 11 is 0. The number of aromatic nitrogens is 2. The van der Waals surface area contributed by atoms with E-state index in [9.17, 15) is 9.90 Å². The number of rotatable bonds is 3. The lowest BCUT2D eigenvalue weighted by Gasteiger charge is -2.04. The summed E-state index contributed by atoms with van der Waals surface area (Å²) in [7, 11) is 0. The number of hydrogen-bond acceptors (Lipinski definition) is 3. The summed E-state index contributed by atoms with van der Waals surface area (Å²) in [5.74, 6) is -0.506. The number of nitrogens with zero attached hydrogens (tertiary/aromatic N) is 1. The largest absolute Gasteiger partial charge is 0.505 e. The molecule has 0 fully saturated rings. The summed E-state index contributed by atoms with van der Waals surface area (Å²) in [6, 6.07) is 4.86. The molecule has 0 atom stereocenters. The fourth-order valence-electron chi connectivity index (χ4n) is 1.31. The molecule has 0 aromatic carbocycles. The first kappa shape index (κ1) is 10.2. The van der Waals surface area contributed by atoms with Gasteiger partial charge in [-0.1, -0.05) is 0 Å². The Labute approximate surface area is 92.2 Å². The number of aromatic hydroxyl groups is 1. The number of hydrogen-bond donors (Lipinski definition) is 3. The van der Waals surface area contributed by atoms with Crippen LogP contribution in [0.5, 0.6) is 5.75 Å². The monoisotopic (exact) mass is 217 g/mol. The van der Waals surface area contributed by atoms with Crippen LogP contribution in [0.25, 0.3) is 0 Å². The van der Waals surface area contributed by atoms with E-state index in [1.165, 1.54) is 12.3 Å². The van der Waals surface area contributed by atoms with E-state index >= 15 is 0 Å². The molecule has 0 spiro atoms. The molecule has 0 unspecified atom stereocenters. The van der Waals surface area contributed by atoms with Gasteiger partial charge in [0.1, 0.15) is 5.75 Å². The van der Waals surface area contributed by atoms with Gasteiger partial charge in [0.2, 0.25) is 0 Å². The van der Waals surface area contributed by atoms with Gasteiger partial charge < -0.3 is 15.4 Å². The Morgan fingerprint density at radius 2 is 2.38 bits per heavy atom. The van der Waals surface area contributed by atoms with E-state index in [1.54, 1.807) is 18.5 Å². The summed E-state index contributed by atoms with van der Waals surface area (Å²) in [5, 5.41) is 12.1. The maximum absolute atomic E-state index is 11.6. The molecule has 0 aliphatic heterocycles. The summed E-state index contributed by atoms with van der Waals surface area (Å²) in [4.78, 5) is 18.3. The third-order valence-electron chi connectivity index (χ3n) is 2.12. The summed E-state index contributed by atoms with van der Waals surface area (Å²) < 4.78 is 0. The third kappa shape index (κ3) is 2.20. The molecule has 0 saturated carbocycles. The molecule has 2 aromatic rings. The zero-order chi connectivity index (χ0) is 11.4. The average molecular weight is 217 g/mol. The normalized spacial score (nSPS) is 10.0. The predicted molar refractivity (Wildman–Crippen MR) is 57.9 cm³/mol. The SMILES string of the molecule is O=C(NCc1cc[nH]c1)c1ncccc1O. The van der Waals surface area contributed by atoms with Gasteiger partial charge >= 0.3 is 0 Å². The molecule has 5 heteroatoms. The van der Waals surface area contributed by atoms with Crippen molar-refractivity contribution < 1.29 is 9.90 Å². The number of H-pyrrole nitrogens is 1. The lowest BCUT2D eigenvalue weighted by Crippen LogP contribution is -2.23. The van der Waals surface area contributed by atoms with E-state index in [0.717, 1.165) is 5.56 Å². The van der Waals surface area contributed by atoms with Crippen LogP contribution < -0.4 is 5.32 Å². The van der Waals surface area contributed by atoms with E-state index in [-0.39, 0.29) is 17.4 Å². The van der Waals surface area contributed by atoms with Gasteiger partial charge in [0.05, 0.1) is 0 Å². The maximum Gasteiger partial charge on any atom is 0.274 e. The number of aromatic amines is 1. The zero-order valence-corrected chi connectivity index (χ0v) is 8.47. The molecule has 0 aliphatic carbocycles. The van der Waals surface area contributed by atoms with Crippen molar-refractivity contribution in [1.29, 1.82) is 0 Å². The highest BCUT2D eigenvalue weighted by Gasteiger charge is 2.11. The molecule has 0 saturated heterocycles. The highest BCUT2D eigenvalue weighted by atomic mass is 16.3. The fraction of sp³-hybridized carbons (Fsp3) is 0.0909. The van der Waals surface area contributed by atoms with E-state index in [2.05, 4.69) is 15.3 Å². The predicted octanol–water partition coefficient (Wildman–Crippen LogP) is 1.05. The second-order valence-corrected chi connectivity index (χ2v) is 3.27. The molecule has 82 valence electrons. The molecule has 3 N–H and O–H groups in total. The van der Waals surface area contributed by atoms with Gasteiger partial charge in [0.15, 0.2) is 5.69 Å². The molecule has 16 heavy (non-hydrogen) atoms. The van der Waals surface area contributed by atoms with Crippen molar-refractivity contribution in [3.8, 4) is 5.75 Å². The van der Waals surface area contributed by atoms with Crippen LogP contribution in [0.15, 0.2) is 36.8 Å². The van der Waals surface area contributed by atoms with Gasteiger partial charge in [0, 0.05) is 25.1 Å². The number of nitrogens with one attached hydrogen (secondary N) is 2. The van der Waals surface area contributed by atoms with E-state index < -0.39 is 0 Å². The van der Waals surface area contributed by atoms with E-state index in [1.807, 2.05) is 6.07 Å². The van der Waals surface area contributed by atoms with Crippen molar-refractivity contribution in [3.05, 3.63) is 48.0 Å². The minimum Gasteiger partial charge on any atom is -0.505 e. The van der Waals surface area contributed by atoms with Crippen molar-refractivity contribution >= 4 is 5.91 Å². The van der Waals surface area contributed by atoms with Crippen LogP contribution in [0, 0.1) is 0 Å². The average Bonchev–Trinajstić information content (AvgIpc) is 2.79. The van der Waals surface area contributed by atoms with Crippen LogP contribution in [0.1, 0.15) is 16.1 Å². The van der Waals surface area contributed by atoms with Gasteiger partial charge in [-0.3, -0.25) is 4.79 Å². The smallest absolute Gasteiger partial charge is 0.274 e. The van der Waals surface area contributed by atoms with E-state index in [4.69, 9.17) is 0 Å². The van der Waals surface area contributed by atoms with Crippen molar-refractivity contribution in [2.24, 2.45) is 0 Å². The Morgan fingerprint density at radius 1 is 1.50 bits per heavy atom. The van der Waals surface area contributed by atoms with Gasteiger partial charge in [-0.05, 0) is 23.8 Å². The van der Waals surface area contributed by atoms with E-state index in [0.29, 0.717) is 6.54 Å². The second-order valence-electron chi connectivity index (χ2n) is 3.27. The first-order chi connectivity index (χ1) is 7.77. The van der Waals surface area contributed by atoms with Crippen LogP contribution >= 0.6 is 0 Å². The molecule has 2 rings (SSSR count). The summed E-state index contributed by atoms with van der Waals surface area (Å²) in [6.07, 6.45) is 5.03. The summed E-state index contributed by atoms with van der Waals surface area (Å²) in [5.41, 5.74) is 1.00. The van der Waals surface area contributed by atoms with Crippen LogP contribution in [-0.4, -0.2) is 21.0 Å². The minimum absolute atomic E-state index is 0.0398. The molecule has 5 nitrogen and oxygen atoms in total. The molecule has 0 bridgehead atoms. The van der Waals surface area contributed by atoms with Crippen LogP contribution in [-0.2, 0) is 6.54 Å². The van der Waals surface area contributed by atoms with Crippen molar-refractivity contribution in [2.75, 3.05) is 0 Å². The highest BCUT2D eigenvalue weighted by Crippen LogP contribution is 2.12. The first-order valence-electron chi connectivity index (χ1n) is 4.81. The van der Waals surface area contributed by atoms with Gasteiger partial charge in [-0.25, -0.2) is 4.98 Å². The van der Waals surface area contributed by atoms with Crippen molar-refractivity contribution in [2.45, 2.75) is 6.54 Å². The molecular weight excluding hydrogens is 206 g/mol. The Balaban J connectivity index is 2.01. The quantitative estimate of drug-likeness (QED) is 0.719. The van der Waals surface area contributed by atoms with Crippen LogP contribution in [0.3, 0.4) is 0 Å².